The van der Waals surface area contributed by atoms with Crippen molar-refractivity contribution in [3.63, 3.8) is 0 Å². The fourth-order valence-electron chi connectivity index (χ4n) is 4.01. The molecule has 0 N–H and O–H groups in total. The number of amides is 1. The number of aryl methyl sites for hydroxylation is 1. The zero-order valence-electron chi connectivity index (χ0n) is 17.2. The summed E-state index contributed by atoms with van der Waals surface area (Å²) in [6.07, 6.45) is 1.06. The highest BCUT2D eigenvalue weighted by molar-refractivity contribution is 7.17. The van der Waals surface area contributed by atoms with Gasteiger partial charge in [0.25, 0.3) is 5.91 Å². The largest absolute Gasteiger partial charge is 0.336 e. The Balaban J connectivity index is 1.82. The monoisotopic (exact) mass is 385 g/mol. The van der Waals surface area contributed by atoms with Crippen LogP contribution in [0.2, 0.25) is 0 Å². The van der Waals surface area contributed by atoms with Crippen molar-refractivity contribution >= 4 is 17.2 Å². The normalized spacial score (nSPS) is 17.3. The molecule has 27 heavy (non-hydrogen) atoms. The van der Waals surface area contributed by atoms with Gasteiger partial charge in [-0.2, -0.15) is 0 Å². The van der Waals surface area contributed by atoms with Crippen LogP contribution in [0.5, 0.6) is 0 Å². The van der Waals surface area contributed by atoms with Gasteiger partial charge in [-0.05, 0) is 37.9 Å². The molecule has 0 spiro atoms. The number of hydrogen-bond acceptors (Lipinski definition) is 4. The van der Waals surface area contributed by atoms with Gasteiger partial charge >= 0.3 is 0 Å². The quantitative estimate of drug-likeness (QED) is 0.717. The topological polar surface area (TPSA) is 36.4 Å². The lowest BCUT2D eigenvalue weighted by molar-refractivity contribution is 0.0782. The number of likely N-dealkylation sites (N-methyl/N-ethyl adjacent to an activating group) is 1. The summed E-state index contributed by atoms with van der Waals surface area (Å²) in [6.45, 7) is 14.5. The van der Waals surface area contributed by atoms with Gasteiger partial charge in [-0.1, -0.05) is 52.0 Å². The van der Waals surface area contributed by atoms with E-state index >= 15 is 0 Å². The first-order valence-electron chi connectivity index (χ1n) is 10.1. The molecule has 0 aliphatic carbocycles. The van der Waals surface area contributed by atoms with Gasteiger partial charge in [0.15, 0.2) is 0 Å². The second kappa shape index (κ2) is 8.53. The number of hydrogen-bond donors (Lipinski definition) is 0. The molecule has 1 unspecified atom stereocenters. The minimum Gasteiger partial charge on any atom is -0.336 e. The lowest BCUT2D eigenvalue weighted by Crippen LogP contribution is -2.38. The van der Waals surface area contributed by atoms with Gasteiger partial charge in [0.05, 0.1) is 5.69 Å². The number of carbonyl (C=O) groups is 1. The molecule has 0 saturated carbocycles. The third kappa shape index (κ3) is 4.09. The maximum Gasteiger partial charge on any atom is 0.265 e. The van der Waals surface area contributed by atoms with E-state index in [1.807, 2.05) is 11.8 Å². The Morgan fingerprint density at radius 2 is 2.00 bits per heavy atom. The highest BCUT2D eigenvalue weighted by atomic mass is 32.1. The average molecular weight is 386 g/mol. The Bertz CT molecular complexity index is 795. The molecule has 1 atom stereocenters. The van der Waals surface area contributed by atoms with E-state index in [1.165, 1.54) is 5.56 Å². The summed E-state index contributed by atoms with van der Waals surface area (Å²) in [5, 5.41) is 0.958. The van der Waals surface area contributed by atoms with Gasteiger partial charge in [-0.3, -0.25) is 9.69 Å². The summed E-state index contributed by atoms with van der Waals surface area (Å²) in [6, 6.07) is 8.89. The molecule has 146 valence electrons. The summed E-state index contributed by atoms with van der Waals surface area (Å²) in [5.41, 5.74) is 3.29. The summed E-state index contributed by atoms with van der Waals surface area (Å²) in [4.78, 5) is 23.2. The van der Waals surface area contributed by atoms with Crippen molar-refractivity contribution < 1.29 is 4.79 Å². The van der Waals surface area contributed by atoms with E-state index in [0.29, 0.717) is 12.0 Å². The molecule has 5 heteroatoms. The van der Waals surface area contributed by atoms with Gasteiger partial charge in [-0.25, -0.2) is 4.98 Å². The maximum absolute atomic E-state index is 13.2. The molecule has 1 amide bonds. The van der Waals surface area contributed by atoms with Crippen LogP contribution >= 0.6 is 11.3 Å². The van der Waals surface area contributed by atoms with E-state index in [1.54, 1.807) is 11.3 Å². The van der Waals surface area contributed by atoms with Gasteiger partial charge in [0.2, 0.25) is 0 Å². The molecule has 2 aromatic rings. The van der Waals surface area contributed by atoms with Crippen LogP contribution in [0.1, 0.15) is 61.0 Å². The molecule has 1 aliphatic heterocycles. The molecule has 1 saturated heterocycles. The fourth-order valence-corrected chi connectivity index (χ4v) is 5.09. The van der Waals surface area contributed by atoms with Crippen LogP contribution in [0.15, 0.2) is 24.3 Å². The minimum atomic E-state index is 0.146. The second-order valence-corrected chi connectivity index (χ2v) is 8.59. The Morgan fingerprint density at radius 3 is 2.67 bits per heavy atom. The van der Waals surface area contributed by atoms with Crippen molar-refractivity contribution in [3.8, 4) is 10.6 Å². The SMILES string of the molecule is CCN(CC)C1CCN(C(=O)c2sc(-c3ccccc3C(C)C)nc2C)C1. The number of likely N-dealkylation sites (tertiary alicyclic amines) is 1. The van der Waals surface area contributed by atoms with E-state index in [4.69, 9.17) is 4.98 Å². The van der Waals surface area contributed by atoms with Crippen LogP contribution in [0.3, 0.4) is 0 Å². The average Bonchev–Trinajstić information content (AvgIpc) is 3.29. The van der Waals surface area contributed by atoms with Crippen molar-refractivity contribution in [2.24, 2.45) is 0 Å². The van der Waals surface area contributed by atoms with E-state index in [9.17, 15) is 4.79 Å². The van der Waals surface area contributed by atoms with Crippen molar-refractivity contribution in [3.05, 3.63) is 40.4 Å². The number of rotatable bonds is 6. The van der Waals surface area contributed by atoms with E-state index in [2.05, 4.69) is 56.9 Å². The zero-order chi connectivity index (χ0) is 19.6. The molecular formula is C22H31N3OS. The second-order valence-electron chi connectivity index (χ2n) is 7.59. The summed E-state index contributed by atoms with van der Waals surface area (Å²) in [5.74, 6) is 0.575. The van der Waals surface area contributed by atoms with Gasteiger partial charge in [-0.15, -0.1) is 11.3 Å². The summed E-state index contributed by atoms with van der Waals surface area (Å²) >= 11 is 1.54. The lowest BCUT2D eigenvalue weighted by atomic mass is 9.98. The number of thiazole rings is 1. The number of aromatic nitrogens is 1. The van der Waals surface area contributed by atoms with Gasteiger partial charge < -0.3 is 4.90 Å². The molecule has 1 aromatic heterocycles. The predicted octanol–water partition coefficient (Wildman–Crippen LogP) is 4.80. The summed E-state index contributed by atoms with van der Waals surface area (Å²) in [7, 11) is 0. The Labute approximate surface area is 167 Å². The van der Waals surface area contributed by atoms with Crippen molar-refractivity contribution in [2.75, 3.05) is 26.2 Å². The Morgan fingerprint density at radius 1 is 1.30 bits per heavy atom. The molecule has 1 aliphatic rings. The van der Waals surface area contributed by atoms with Gasteiger partial charge in [0.1, 0.15) is 9.88 Å². The van der Waals surface area contributed by atoms with E-state index in [-0.39, 0.29) is 5.91 Å². The van der Waals surface area contributed by atoms with Crippen LogP contribution in [-0.4, -0.2) is 52.9 Å². The van der Waals surface area contributed by atoms with Crippen LogP contribution in [-0.2, 0) is 0 Å². The Hall–Kier alpha value is -1.72. The van der Waals surface area contributed by atoms with E-state index < -0.39 is 0 Å². The Kier molecular flexibility index (Phi) is 6.33. The van der Waals surface area contributed by atoms with Crippen LogP contribution < -0.4 is 0 Å². The number of nitrogens with zero attached hydrogens (tertiary/aromatic N) is 3. The van der Waals surface area contributed by atoms with Crippen LogP contribution in [0.25, 0.3) is 10.6 Å². The molecule has 4 nitrogen and oxygen atoms in total. The molecule has 1 aromatic carbocycles. The molecular weight excluding hydrogens is 354 g/mol. The predicted molar refractivity (Wildman–Crippen MR) is 114 cm³/mol. The molecule has 0 bridgehead atoms. The van der Waals surface area contributed by atoms with Gasteiger partial charge in [0, 0.05) is 24.7 Å². The minimum absolute atomic E-state index is 0.146. The smallest absolute Gasteiger partial charge is 0.265 e. The van der Waals surface area contributed by atoms with Crippen molar-refractivity contribution in [1.82, 2.24) is 14.8 Å². The fraction of sp³-hybridized carbons (Fsp3) is 0.545. The molecule has 0 radical (unpaired) electrons. The van der Waals surface area contributed by atoms with Crippen LogP contribution in [0.4, 0.5) is 0 Å². The first-order chi connectivity index (χ1) is 13.0. The molecule has 2 heterocycles. The maximum atomic E-state index is 13.2. The van der Waals surface area contributed by atoms with Crippen molar-refractivity contribution in [1.29, 1.82) is 0 Å². The first-order valence-corrected chi connectivity index (χ1v) is 10.9. The first kappa shape index (κ1) is 20.0. The zero-order valence-corrected chi connectivity index (χ0v) is 18.0. The standard InChI is InChI=1S/C22H31N3OS/c1-6-24(7-2)17-12-13-25(14-17)22(26)20-16(5)23-21(27-20)19-11-9-8-10-18(19)15(3)4/h8-11,15,17H,6-7,12-14H2,1-5H3. The number of carbonyl (C=O) groups excluding carboxylic acids is 1. The lowest BCUT2D eigenvalue weighted by Gasteiger charge is -2.26. The van der Waals surface area contributed by atoms with Crippen LogP contribution in [0, 0.1) is 6.92 Å². The third-order valence-electron chi connectivity index (χ3n) is 5.58. The highest BCUT2D eigenvalue weighted by Gasteiger charge is 2.31. The summed E-state index contributed by atoms with van der Waals surface area (Å²) < 4.78 is 0. The third-order valence-corrected chi connectivity index (χ3v) is 6.76. The van der Waals surface area contributed by atoms with E-state index in [0.717, 1.165) is 53.7 Å². The highest BCUT2D eigenvalue weighted by Crippen LogP contribution is 2.34. The van der Waals surface area contributed by atoms with Crippen molar-refractivity contribution in [2.45, 2.75) is 53.0 Å². The number of benzene rings is 1. The molecule has 1 fully saturated rings. The molecule has 3 rings (SSSR count).